The zero-order valence-electron chi connectivity index (χ0n) is 10.9. The summed E-state index contributed by atoms with van der Waals surface area (Å²) in [5.74, 6) is 0.103. The van der Waals surface area contributed by atoms with E-state index >= 15 is 0 Å². The van der Waals surface area contributed by atoms with Gasteiger partial charge in [-0.25, -0.2) is 0 Å². The Morgan fingerprint density at radius 2 is 1.86 bits per heavy atom. The molecule has 2 aromatic rings. The first-order valence-electron chi connectivity index (χ1n) is 6.33. The van der Waals surface area contributed by atoms with E-state index in [1.54, 1.807) is 18.2 Å². The molecule has 1 heterocycles. The molecule has 0 fully saturated rings. The second kappa shape index (κ2) is 5.80. The van der Waals surface area contributed by atoms with Gasteiger partial charge >= 0.3 is 0 Å². The third-order valence-corrected chi connectivity index (χ3v) is 4.31. The van der Waals surface area contributed by atoms with Crippen LogP contribution >= 0.6 is 23.4 Å². The van der Waals surface area contributed by atoms with E-state index in [4.69, 9.17) is 11.6 Å². The number of halogens is 1. The van der Waals surface area contributed by atoms with Crippen LogP contribution in [0.1, 0.15) is 11.1 Å². The highest BCUT2D eigenvalue weighted by Crippen LogP contribution is 2.39. The lowest BCUT2D eigenvalue weighted by Gasteiger charge is -2.00. The van der Waals surface area contributed by atoms with Gasteiger partial charge in [0.05, 0.1) is 0 Å². The first-order valence-corrected chi connectivity index (χ1v) is 7.52. The normalized spacial score (nSPS) is 16.3. The quantitative estimate of drug-likeness (QED) is 0.813. The first kappa shape index (κ1) is 14.0. The number of carbonyl (C=O) groups is 1. The molecule has 1 N–H and O–H groups in total. The van der Waals surface area contributed by atoms with Gasteiger partial charge in [-0.05, 0) is 47.7 Å². The first-order chi connectivity index (χ1) is 10.1. The van der Waals surface area contributed by atoms with Gasteiger partial charge in [-0.3, -0.25) is 4.79 Å². The highest BCUT2D eigenvalue weighted by atomic mass is 35.5. The predicted octanol–water partition coefficient (Wildman–Crippen LogP) is 4.74. The van der Waals surface area contributed by atoms with Crippen molar-refractivity contribution in [3.63, 3.8) is 0 Å². The van der Waals surface area contributed by atoms with Crippen molar-refractivity contribution < 1.29 is 9.90 Å². The SMILES string of the molecule is O=C1SC(c2ccccc2)=C/C1=C/c1cc(Cl)ccc1O. The molecular formula is C17H11ClO2S. The molecule has 4 heteroatoms. The zero-order valence-corrected chi connectivity index (χ0v) is 12.5. The summed E-state index contributed by atoms with van der Waals surface area (Å²) in [4.78, 5) is 13.0. The van der Waals surface area contributed by atoms with E-state index in [1.807, 2.05) is 36.4 Å². The van der Waals surface area contributed by atoms with Crippen LogP contribution in [0.3, 0.4) is 0 Å². The van der Waals surface area contributed by atoms with Gasteiger partial charge in [-0.2, -0.15) is 0 Å². The molecule has 0 atom stereocenters. The lowest BCUT2D eigenvalue weighted by Crippen LogP contribution is -1.88. The van der Waals surface area contributed by atoms with Gasteiger partial charge in [0.25, 0.3) is 0 Å². The van der Waals surface area contributed by atoms with Gasteiger partial charge in [-0.15, -0.1) is 0 Å². The highest BCUT2D eigenvalue weighted by Gasteiger charge is 2.21. The molecule has 0 saturated carbocycles. The fourth-order valence-corrected chi connectivity index (χ4v) is 3.10. The number of benzene rings is 2. The van der Waals surface area contributed by atoms with Crippen molar-refractivity contribution in [2.24, 2.45) is 0 Å². The fourth-order valence-electron chi connectivity index (χ4n) is 2.04. The van der Waals surface area contributed by atoms with Gasteiger partial charge in [0.2, 0.25) is 5.12 Å². The van der Waals surface area contributed by atoms with E-state index in [2.05, 4.69) is 0 Å². The van der Waals surface area contributed by atoms with Crippen LogP contribution in [0.4, 0.5) is 0 Å². The van der Waals surface area contributed by atoms with Gasteiger partial charge in [-0.1, -0.05) is 41.9 Å². The Morgan fingerprint density at radius 1 is 1.10 bits per heavy atom. The van der Waals surface area contributed by atoms with Gasteiger partial charge in [0.15, 0.2) is 0 Å². The van der Waals surface area contributed by atoms with E-state index in [9.17, 15) is 9.90 Å². The number of rotatable bonds is 2. The molecule has 1 aliphatic rings. The molecule has 0 aliphatic carbocycles. The minimum Gasteiger partial charge on any atom is -0.507 e. The molecule has 0 aromatic heterocycles. The third kappa shape index (κ3) is 3.04. The van der Waals surface area contributed by atoms with E-state index in [-0.39, 0.29) is 10.9 Å². The average Bonchev–Trinajstić information content (AvgIpc) is 2.85. The van der Waals surface area contributed by atoms with Gasteiger partial charge in [0.1, 0.15) is 5.75 Å². The van der Waals surface area contributed by atoms with Crippen molar-refractivity contribution in [3.05, 3.63) is 76.3 Å². The minimum atomic E-state index is -0.0340. The standard InChI is InChI=1S/C17H11ClO2S/c18-14-6-7-15(19)12(9-14)8-13-10-16(21-17(13)20)11-4-2-1-3-5-11/h1-10,19H/b13-8-. The fraction of sp³-hybridized carbons (Fsp3) is 0. The smallest absolute Gasteiger partial charge is 0.224 e. The topological polar surface area (TPSA) is 37.3 Å². The van der Waals surface area contributed by atoms with Crippen molar-refractivity contribution in [2.45, 2.75) is 0 Å². The van der Waals surface area contributed by atoms with Crippen LogP contribution in [-0.4, -0.2) is 10.2 Å². The number of thioether (sulfide) groups is 1. The summed E-state index contributed by atoms with van der Waals surface area (Å²) >= 11 is 7.11. The molecule has 21 heavy (non-hydrogen) atoms. The number of phenols is 1. The van der Waals surface area contributed by atoms with Crippen molar-refractivity contribution >= 4 is 39.5 Å². The number of hydrogen-bond acceptors (Lipinski definition) is 3. The zero-order chi connectivity index (χ0) is 14.8. The van der Waals surface area contributed by atoms with Gasteiger partial charge in [0, 0.05) is 21.1 Å². The largest absolute Gasteiger partial charge is 0.507 e. The Hall–Kier alpha value is -1.97. The van der Waals surface area contributed by atoms with Crippen LogP contribution in [-0.2, 0) is 4.79 Å². The van der Waals surface area contributed by atoms with E-state index in [0.29, 0.717) is 16.2 Å². The Labute approximate surface area is 131 Å². The second-order valence-electron chi connectivity index (χ2n) is 4.57. The van der Waals surface area contributed by atoms with Crippen molar-refractivity contribution in [1.82, 2.24) is 0 Å². The summed E-state index contributed by atoms with van der Waals surface area (Å²) in [6.45, 7) is 0. The predicted molar refractivity (Wildman–Crippen MR) is 88.1 cm³/mol. The molecule has 0 saturated heterocycles. The summed E-state index contributed by atoms with van der Waals surface area (Å²) < 4.78 is 0. The molecule has 0 radical (unpaired) electrons. The Balaban J connectivity index is 1.99. The number of carbonyl (C=O) groups excluding carboxylic acids is 1. The molecule has 0 bridgehead atoms. The molecule has 104 valence electrons. The number of allylic oxidation sites excluding steroid dienone is 1. The van der Waals surface area contributed by atoms with Crippen LogP contribution < -0.4 is 0 Å². The number of hydrogen-bond donors (Lipinski definition) is 1. The maximum Gasteiger partial charge on any atom is 0.224 e. The summed E-state index contributed by atoms with van der Waals surface area (Å²) in [6.07, 6.45) is 3.50. The molecule has 2 aromatic carbocycles. The van der Waals surface area contributed by atoms with Gasteiger partial charge < -0.3 is 5.11 Å². The molecule has 0 amide bonds. The number of aromatic hydroxyl groups is 1. The van der Waals surface area contributed by atoms with E-state index in [0.717, 1.165) is 10.5 Å². The van der Waals surface area contributed by atoms with Crippen LogP contribution in [0.5, 0.6) is 5.75 Å². The van der Waals surface area contributed by atoms with E-state index < -0.39 is 0 Å². The van der Waals surface area contributed by atoms with Crippen LogP contribution in [0, 0.1) is 0 Å². The molecule has 3 rings (SSSR count). The molecule has 2 nitrogen and oxygen atoms in total. The van der Waals surface area contributed by atoms with Crippen LogP contribution in [0.15, 0.2) is 60.2 Å². The average molecular weight is 315 g/mol. The maximum atomic E-state index is 12.1. The minimum absolute atomic E-state index is 0.0340. The van der Waals surface area contributed by atoms with Crippen molar-refractivity contribution in [2.75, 3.05) is 0 Å². The Bertz CT molecular complexity index is 764. The van der Waals surface area contributed by atoms with Crippen molar-refractivity contribution in [1.29, 1.82) is 0 Å². The van der Waals surface area contributed by atoms with Crippen LogP contribution in [0.25, 0.3) is 11.0 Å². The van der Waals surface area contributed by atoms with Crippen molar-refractivity contribution in [3.8, 4) is 5.75 Å². The summed E-state index contributed by atoms with van der Waals surface area (Å²) in [5.41, 5.74) is 2.10. The molecular weight excluding hydrogens is 304 g/mol. The lowest BCUT2D eigenvalue weighted by molar-refractivity contribution is -0.107. The monoisotopic (exact) mass is 314 g/mol. The Morgan fingerprint density at radius 3 is 2.62 bits per heavy atom. The molecule has 0 spiro atoms. The van der Waals surface area contributed by atoms with E-state index in [1.165, 1.54) is 17.8 Å². The third-order valence-electron chi connectivity index (χ3n) is 3.08. The summed E-state index contributed by atoms with van der Waals surface area (Å²) in [6, 6.07) is 14.5. The Kier molecular flexibility index (Phi) is 3.86. The summed E-state index contributed by atoms with van der Waals surface area (Å²) in [7, 11) is 0. The van der Waals surface area contributed by atoms with Crippen LogP contribution in [0.2, 0.25) is 5.02 Å². The number of phenolic OH excluding ortho intramolecular Hbond substituents is 1. The second-order valence-corrected chi connectivity index (χ2v) is 6.02. The summed E-state index contributed by atoms with van der Waals surface area (Å²) in [5, 5.41) is 10.3. The molecule has 1 aliphatic heterocycles. The maximum absolute atomic E-state index is 12.1. The molecule has 0 unspecified atom stereocenters. The lowest BCUT2D eigenvalue weighted by atomic mass is 10.1. The highest BCUT2D eigenvalue weighted by molar-refractivity contribution is 8.22.